The molecule has 0 spiro atoms. The Balaban J connectivity index is 2.01. The van der Waals surface area contributed by atoms with Crippen molar-refractivity contribution in [3.8, 4) is 0 Å². The van der Waals surface area contributed by atoms with E-state index in [0.717, 1.165) is 16.4 Å². The second kappa shape index (κ2) is 6.60. The number of carbonyl (C=O) groups is 2. The minimum Gasteiger partial charge on any atom is -0.366 e. The van der Waals surface area contributed by atoms with E-state index in [9.17, 15) is 22.4 Å². The summed E-state index contributed by atoms with van der Waals surface area (Å²) in [5.74, 6) is -2.42. The molecule has 0 aromatic heterocycles. The summed E-state index contributed by atoms with van der Waals surface area (Å²) >= 11 is 0. The molecule has 2 amide bonds. The third-order valence-electron chi connectivity index (χ3n) is 3.68. The van der Waals surface area contributed by atoms with E-state index in [2.05, 4.69) is 5.32 Å². The molecule has 1 aromatic rings. The summed E-state index contributed by atoms with van der Waals surface area (Å²) in [5, 5.41) is 7.61. The van der Waals surface area contributed by atoms with Gasteiger partial charge in [0.2, 0.25) is 5.91 Å². The Hall–Kier alpha value is -2.04. The Morgan fingerprint density at radius 2 is 1.87 bits per heavy atom. The number of piperidine rings is 1. The number of rotatable bonds is 4. The topological polar surface area (TPSA) is 136 Å². The van der Waals surface area contributed by atoms with Gasteiger partial charge in [-0.2, -0.15) is 12.7 Å². The van der Waals surface area contributed by atoms with E-state index in [4.69, 9.17) is 10.9 Å². The van der Waals surface area contributed by atoms with E-state index in [1.54, 1.807) is 0 Å². The Labute approximate surface area is 132 Å². The molecule has 1 aromatic carbocycles. The largest absolute Gasteiger partial charge is 0.366 e. The highest BCUT2D eigenvalue weighted by Crippen LogP contribution is 2.21. The van der Waals surface area contributed by atoms with Crippen LogP contribution in [0.15, 0.2) is 18.2 Å². The minimum atomic E-state index is -3.75. The second-order valence-corrected chi connectivity index (χ2v) is 6.81. The molecule has 0 radical (unpaired) electrons. The highest BCUT2D eigenvalue weighted by Gasteiger charge is 2.29. The van der Waals surface area contributed by atoms with Crippen molar-refractivity contribution in [2.45, 2.75) is 12.8 Å². The Kier molecular flexibility index (Phi) is 4.97. The normalized spacial score (nSPS) is 17.0. The first-order valence-electron chi connectivity index (χ1n) is 6.86. The number of benzene rings is 1. The van der Waals surface area contributed by atoms with Crippen molar-refractivity contribution in [3.05, 3.63) is 29.6 Å². The van der Waals surface area contributed by atoms with E-state index in [-0.39, 0.29) is 30.2 Å². The van der Waals surface area contributed by atoms with Crippen LogP contribution in [0.25, 0.3) is 0 Å². The van der Waals surface area contributed by atoms with E-state index in [1.165, 1.54) is 6.07 Å². The van der Waals surface area contributed by atoms with Crippen LogP contribution in [0.3, 0.4) is 0 Å². The van der Waals surface area contributed by atoms with Crippen molar-refractivity contribution in [2.24, 2.45) is 16.8 Å². The fourth-order valence-corrected chi connectivity index (χ4v) is 3.13. The fraction of sp³-hybridized carbons (Fsp3) is 0.385. The lowest BCUT2D eigenvalue weighted by Crippen LogP contribution is -2.44. The standard InChI is InChI=1S/C13H17FN4O4S/c14-11-2-1-9(7-10(11)12(15)19)17-13(20)8-3-5-18(6-4-8)23(16,21)22/h1-2,7-8H,3-6H2,(H2,15,19)(H,17,20)(H2,16,21,22). The van der Waals surface area contributed by atoms with E-state index < -0.39 is 27.9 Å². The molecule has 10 heteroatoms. The van der Waals surface area contributed by atoms with Crippen LogP contribution in [0, 0.1) is 11.7 Å². The van der Waals surface area contributed by atoms with E-state index >= 15 is 0 Å². The van der Waals surface area contributed by atoms with Gasteiger partial charge in [-0.05, 0) is 31.0 Å². The minimum absolute atomic E-state index is 0.160. The van der Waals surface area contributed by atoms with Crippen molar-refractivity contribution in [1.82, 2.24) is 4.31 Å². The predicted molar refractivity (Wildman–Crippen MR) is 81.0 cm³/mol. The second-order valence-electron chi connectivity index (χ2n) is 5.27. The van der Waals surface area contributed by atoms with Gasteiger partial charge in [-0.3, -0.25) is 9.59 Å². The Morgan fingerprint density at radius 3 is 2.39 bits per heavy atom. The summed E-state index contributed by atoms with van der Waals surface area (Å²) in [6.45, 7) is 0.319. The zero-order valence-electron chi connectivity index (χ0n) is 12.2. The van der Waals surface area contributed by atoms with Crippen LogP contribution in [0.1, 0.15) is 23.2 Å². The molecule has 5 N–H and O–H groups in total. The quantitative estimate of drug-likeness (QED) is 0.695. The number of hydrogen-bond donors (Lipinski definition) is 3. The Bertz CT molecular complexity index is 729. The SMILES string of the molecule is NC(=O)c1cc(NC(=O)C2CCN(S(N)(=O)=O)CC2)ccc1F. The molecule has 0 aliphatic carbocycles. The van der Waals surface area contributed by atoms with E-state index in [0.29, 0.717) is 12.8 Å². The average molecular weight is 344 g/mol. The zero-order valence-corrected chi connectivity index (χ0v) is 13.0. The van der Waals surface area contributed by atoms with Gasteiger partial charge in [0, 0.05) is 24.7 Å². The number of halogens is 1. The van der Waals surface area contributed by atoms with Crippen LogP contribution in [-0.4, -0.2) is 37.6 Å². The summed E-state index contributed by atoms with van der Waals surface area (Å²) < 4.78 is 36.9. The van der Waals surface area contributed by atoms with Gasteiger partial charge in [-0.25, -0.2) is 9.53 Å². The van der Waals surface area contributed by atoms with Crippen LogP contribution in [0.4, 0.5) is 10.1 Å². The maximum absolute atomic E-state index is 13.4. The molecule has 0 unspecified atom stereocenters. The van der Waals surface area contributed by atoms with Crippen molar-refractivity contribution < 1.29 is 22.4 Å². The number of amides is 2. The van der Waals surface area contributed by atoms with Gasteiger partial charge in [0.15, 0.2) is 0 Å². The molecule has 23 heavy (non-hydrogen) atoms. The highest BCUT2D eigenvalue weighted by atomic mass is 32.2. The molecule has 1 aliphatic heterocycles. The monoisotopic (exact) mass is 344 g/mol. The lowest BCUT2D eigenvalue weighted by molar-refractivity contribution is -0.120. The van der Waals surface area contributed by atoms with Gasteiger partial charge < -0.3 is 11.1 Å². The smallest absolute Gasteiger partial charge is 0.276 e. The first-order valence-corrected chi connectivity index (χ1v) is 8.37. The van der Waals surface area contributed by atoms with Crippen LogP contribution >= 0.6 is 0 Å². The van der Waals surface area contributed by atoms with Gasteiger partial charge in [0.05, 0.1) is 5.56 Å². The number of primary amides is 1. The molecule has 1 aliphatic rings. The molecule has 0 bridgehead atoms. The molecule has 1 fully saturated rings. The summed E-state index contributed by atoms with van der Waals surface area (Å²) in [4.78, 5) is 23.3. The molecule has 0 saturated carbocycles. The number of anilines is 1. The molecule has 0 atom stereocenters. The maximum Gasteiger partial charge on any atom is 0.276 e. The summed E-state index contributed by atoms with van der Waals surface area (Å²) in [5.41, 5.74) is 4.98. The molecule has 2 rings (SSSR count). The number of nitrogens with zero attached hydrogens (tertiary/aromatic N) is 1. The lowest BCUT2D eigenvalue weighted by atomic mass is 9.97. The number of hydrogen-bond acceptors (Lipinski definition) is 4. The highest BCUT2D eigenvalue weighted by molar-refractivity contribution is 7.86. The van der Waals surface area contributed by atoms with Crippen LogP contribution in [0.5, 0.6) is 0 Å². The van der Waals surface area contributed by atoms with Crippen molar-refractivity contribution in [3.63, 3.8) is 0 Å². The Morgan fingerprint density at radius 1 is 1.26 bits per heavy atom. The van der Waals surface area contributed by atoms with Crippen LogP contribution in [-0.2, 0) is 15.0 Å². The van der Waals surface area contributed by atoms with Crippen molar-refractivity contribution >= 4 is 27.7 Å². The molecule has 1 heterocycles. The van der Waals surface area contributed by atoms with Gasteiger partial charge in [0.25, 0.3) is 16.1 Å². The molecular formula is C13H17FN4O4S. The first kappa shape index (κ1) is 17.3. The first-order chi connectivity index (χ1) is 10.7. The third-order valence-corrected chi connectivity index (χ3v) is 4.77. The molecular weight excluding hydrogens is 327 g/mol. The lowest BCUT2D eigenvalue weighted by Gasteiger charge is -2.29. The summed E-state index contributed by atoms with van der Waals surface area (Å²) in [6.07, 6.45) is 0.651. The van der Waals surface area contributed by atoms with Gasteiger partial charge >= 0.3 is 0 Å². The third kappa shape index (κ3) is 4.24. The van der Waals surface area contributed by atoms with Crippen molar-refractivity contribution in [2.75, 3.05) is 18.4 Å². The van der Waals surface area contributed by atoms with Crippen LogP contribution < -0.4 is 16.2 Å². The van der Waals surface area contributed by atoms with Gasteiger partial charge in [0.1, 0.15) is 5.82 Å². The fourth-order valence-electron chi connectivity index (χ4n) is 2.41. The molecule has 1 saturated heterocycles. The van der Waals surface area contributed by atoms with Gasteiger partial charge in [-0.15, -0.1) is 0 Å². The maximum atomic E-state index is 13.4. The number of nitrogens with one attached hydrogen (secondary N) is 1. The number of carbonyl (C=O) groups excluding carboxylic acids is 2. The average Bonchev–Trinajstić information content (AvgIpc) is 2.48. The predicted octanol–water partition coefficient (Wildman–Crippen LogP) is -0.221. The molecule has 8 nitrogen and oxygen atoms in total. The van der Waals surface area contributed by atoms with E-state index in [1.807, 2.05) is 0 Å². The van der Waals surface area contributed by atoms with Crippen LogP contribution in [0.2, 0.25) is 0 Å². The summed E-state index contributed by atoms with van der Waals surface area (Å²) in [7, 11) is -3.75. The summed E-state index contributed by atoms with van der Waals surface area (Å²) in [6, 6.07) is 3.52. The zero-order chi connectivity index (χ0) is 17.2. The number of nitrogens with two attached hydrogens (primary N) is 2. The molecule has 126 valence electrons. The van der Waals surface area contributed by atoms with Gasteiger partial charge in [-0.1, -0.05) is 0 Å². The van der Waals surface area contributed by atoms with Crippen molar-refractivity contribution in [1.29, 1.82) is 0 Å².